The van der Waals surface area contributed by atoms with Gasteiger partial charge in [-0.25, -0.2) is 4.79 Å². The summed E-state index contributed by atoms with van der Waals surface area (Å²) >= 11 is 0. The van der Waals surface area contributed by atoms with Gasteiger partial charge in [0, 0.05) is 31.5 Å². The van der Waals surface area contributed by atoms with Crippen molar-refractivity contribution in [2.24, 2.45) is 7.05 Å². The van der Waals surface area contributed by atoms with Crippen molar-refractivity contribution in [3.8, 4) is 0 Å². The van der Waals surface area contributed by atoms with Crippen LogP contribution in [0.15, 0.2) is 24.7 Å². The zero-order valence-electron chi connectivity index (χ0n) is 10.8. The molecule has 6 nitrogen and oxygen atoms in total. The zero-order chi connectivity index (χ0) is 14.0. The van der Waals surface area contributed by atoms with Crippen molar-refractivity contribution in [1.29, 1.82) is 0 Å². The fraction of sp³-hybridized carbons (Fsp3) is 0.308. The molecule has 2 aromatic rings. The number of Topliss-reactive ketones (excluding diaryl/α,β-unsaturated/α-hetero) is 1. The van der Waals surface area contributed by atoms with Gasteiger partial charge in [0.15, 0.2) is 5.78 Å². The first-order chi connectivity index (χ1) is 8.97. The van der Waals surface area contributed by atoms with E-state index in [0.717, 1.165) is 5.56 Å². The Balaban J connectivity index is 2.18. The van der Waals surface area contributed by atoms with Gasteiger partial charge in [-0.2, -0.15) is 5.10 Å². The molecule has 0 bridgehead atoms. The summed E-state index contributed by atoms with van der Waals surface area (Å²) in [6.45, 7) is 1.92. The number of rotatable bonds is 5. The van der Waals surface area contributed by atoms with Gasteiger partial charge in [0.25, 0.3) is 0 Å². The number of carbonyl (C=O) groups is 2. The van der Waals surface area contributed by atoms with Gasteiger partial charge in [0.05, 0.1) is 6.20 Å². The molecular formula is C13H15N3O3. The molecule has 0 atom stereocenters. The van der Waals surface area contributed by atoms with Gasteiger partial charge in [-0.05, 0) is 25.0 Å². The van der Waals surface area contributed by atoms with E-state index in [2.05, 4.69) is 5.10 Å². The molecule has 0 spiro atoms. The molecule has 0 saturated carbocycles. The molecule has 6 heteroatoms. The molecule has 0 aromatic carbocycles. The third kappa shape index (κ3) is 2.90. The average Bonchev–Trinajstić information content (AvgIpc) is 2.92. The van der Waals surface area contributed by atoms with Crippen LogP contribution in [0.4, 0.5) is 0 Å². The van der Waals surface area contributed by atoms with E-state index >= 15 is 0 Å². The normalized spacial score (nSPS) is 10.6. The van der Waals surface area contributed by atoms with Crippen molar-refractivity contribution in [3.63, 3.8) is 0 Å². The van der Waals surface area contributed by atoms with Crippen molar-refractivity contribution < 1.29 is 14.7 Å². The molecule has 0 aliphatic rings. The second kappa shape index (κ2) is 5.09. The van der Waals surface area contributed by atoms with Crippen LogP contribution in [0.1, 0.15) is 33.3 Å². The van der Waals surface area contributed by atoms with Crippen LogP contribution in [-0.4, -0.2) is 31.2 Å². The number of nitrogens with zero attached hydrogens (tertiary/aromatic N) is 3. The lowest BCUT2D eigenvalue weighted by atomic mass is 10.2. The first-order valence-corrected chi connectivity index (χ1v) is 5.89. The highest BCUT2D eigenvalue weighted by Gasteiger charge is 2.14. The Morgan fingerprint density at radius 3 is 2.63 bits per heavy atom. The van der Waals surface area contributed by atoms with Crippen molar-refractivity contribution in [1.82, 2.24) is 14.3 Å². The molecule has 0 unspecified atom stereocenters. The highest BCUT2D eigenvalue weighted by atomic mass is 16.4. The van der Waals surface area contributed by atoms with E-state index in [0.29, 0.717) is 18.5 Å². The van der Waals surface area contributed by atoms with Crippen molar-refractivity contribution in [2.45, 2.75) is 19.9 Å². The molecule has 0 amide bonds. The maximum absolute atomic E-state index is 11.3. The standard InChI is InChI=1S/C13H15N3O3/c1-9(17)11-5-12(13(18)19)16(8-11)4-3-10-6-14-15(2)7-10/h5-8H,3-4H2,1-2H3,(H,18,19). The summed E-state index contributed by atoms with van der Waals surface area (Å²) in [5, 5.41) is 13.2. The Morgan fingerprint density at radius 2 is 2.11 bits per heavy atom. The van der Waals surface area contributed by atoms with Gasteiger partial charge < -0.3 is 9.67 Å². The maximum Gasteiger partial charge on any atom is 0.352 e. The summed E-state index contributed by atoms with van der Waals surface area (Å²) < 4.78 is 3.29. The van der Waals surface area contributed by atoms with Crippen molar-refractivity contribution in [3.05, 3.63) is 41.5 Å². The summed E-state index contributed by atoms with van der Waals surface area (Å²) in [5.74, 6) is -1.17. The van der Waals surface area contributed by atoms with E-state index in [1.54, 1.807) is 21.6 Å². The van der Waals surface area contributed by atoms with Gasteiger partial charge in [-0.3, -0.25) is 9.48 Å². The smallest absolute Gasteiger partial charge is 0.352 e. The second-order valence-corrected chi connectivity index (χ2v) is 4.44. The minimum atomic E-state index is -1.03. The van der Waals surface area contributed by atoms with E-state index in [1.807, 2.05) is 13.2 Å². The Hall–Kier alpha value is -2.37. The Kier molecular flexibility index (Phi) is 3.50. The summed E-state index contributed by atoms with van der Waals surface area (Å²) in [6.07, 6.45) is 5.88. The fourth-order valence-corrected chi connectivity index (χ4v) is 1.92. The largest absolute Gasteiger partial charge is 0.477 e. The predicted molar refractivity (Wildman–Crippen MR) is 68.3 cm³/mol. The summed E-state index contributed by atoms with van der Waals surface area (Å²) in [7, 11) is 1.83. The van der Waals surface area contributed by atoms with E-state index in [-0.39, 0.29) is 11.5 Å². The molecule has 2 aromatic heterocycles. The lowest BCUT2D eigenvalue weighted by Gasteiger charge is -2.04. The molecule has 1 N–H and O–H groups in total. The monoisotopic (exact) mass is 261 g/mol. The first-order valence-electron chi connectivity index (χ1n) is 5.89. The number of aromatic carboxylic acids is 1. The van der Waals surface area contributed by atoms with Crippen molar-refractivity contribution >= 4 is 11.8 Å². The van der Waals surface area contributed by atoms with E-state index in [1.165, 1.54) is 13.0 Å². The van der Waals surface area contributed by atoms with Crippen LogP contribution in [0.2, 0.25) is 0 Å². The van der Waals surface area contributed by atoms with Crippen LogP contribution in [0.3, 0.4) is 0 Å². The molecule has 0 aliphatic carbocycles. The van der Waals surface area contributed by atoms with Crippen LogP contribution in [-0.2, 0) is 20.0 Å². The maximum atomic E-state index is 11.3. The molecule has 0 radical (unpaired) electrons. The van der Waals surface area contributed by atoms with Gasteiger partial charge >= 0.3 is 5.97 Å². The first kappa shape index (κ1) is 13.1. The molecule has 0 saturated heterocycles. The Labute approximate surface area is 110 Å². The highest BCUT2D eigenvalue weighted by molar-refractivity contribution is 5.97. The van der Waals surface area contributed by atoms with Gasteiger partial charge in [0.1, 0.15) is 5.69 Å². The topological polar surface area (TPSA) is 77.1 Å². The summed E-state index contributed by atoms with van der Waals surface area (Å²) in [4.78, 5) is 22.4. The van der Waals surface area contributed by atoms with Crippen LogP contribution >= 0.6 is 0 Å². The third-order valence-electron chi connectivity index (χ3n) is 2.92. The number of hydrogen-bond donors (Lipinski definition) is 1. The van der Waals surface area contributed by atoms with Crippen LogP contribution in [0.5, 0.6) is 0 Å². The molecule has 0 fully saturated rings. The van der Waals surface area contributed by atoms with E-state index < -0.39 is 5.97 Å². The number of carbonyl (C=O) groups excluding carboxylic acids is 1. The number of hydrogen-bond acceptors (Lipinski definition) is 3. The lowest BCUT2D eigenvalue weighted by molar-refractivity contribution is 0.0685. The van der Waals surface area contributed by atoms with E-state index in [9.17, 15) is 9.59 Å². The average molecular weight is 261 g/mol. The predicted octanol–water partition coefficient (Wildman–Crippen LogP) is 1.37. The molecule has 0 aliphatic heterocycles. The van der Waals surface area contributed by atoms with Crippen LogP contribution in [0, 0.1) is 0 Å². The summed E-state index contributed by atoms with van der Waals surface area (Å²) in [6, 6.07) is 1.41. The van der Waals surface area contributed by atoms with E-state index in [4.69, 9.17) is 5.11 Å². The molecule has 2 rings (SSSR count). The lowest BCUT2D eigenvalue weighted by Crippen LogP contribution is -2.09. The number of ketones is 1. The number of aromatic nitrogens is 3. The fourth-order valence-electron chi connectivity index (χ4n) is 1.92. The molecule has 2 heterocycles. The van der Waals surface area contributed by atoms with Crippen molar-refractivity contribution in [2.75, 3.05) is 0 Å². The molecule has 19 heavy (non-hydrogen) atoms. The zero-order valence-corrected chi connectivity index (χ0v) is 10.8. The van der Waals surface area contributed by atoms with Crippen LogP contribution in [0.25, 0.3) is 0 Å². The number of carboxylic acid groups (broad SMARTS) is 1. The quantitative estimate of drug-likeness (QED) is 0.824. The van der Waals surface area contributed by atoms with Gasteiger partial charge in [0.2, 0.25) is 0 Å². The summed E-state index contributed by atoms with van der Waals surface area (Å²) in [5.41, 5.74) is 1.58. The number of carboxylic acids is 1. The Morgan fingerprint density at radius 1 is 1.37 bits per heavy atom. The molecular weight excluding hydrogens is 246 g/mol. The minimum Gasteiger partial charge on any atom is -0.477 e. The number of aryl methyl sites for hydroxylation is 3. The second-order valence-electron chi connectivity index (χ2n) is 4.44. The van der Waals surface area contributed by atoms with Gasteiger partial charge in [-0.15, -0.1) is 0 Å². The SMILES string of the molecule is CC(=O)c1cc(C(=O)O)n(CCc2cnn(C)c2)c1. The van der Waals surface area contributed by atoms with Crippen LogP contribution < -0.4 is 0 Å². The van der Waals surface area contributed by atoms with Gasteiger partial charge in [-0.1, -0.05) is 0 Å². The third-order valence-corrected chi connectivity index (χ3v) is 2.92. The molecule has 100 valence electrons. The highest BCUT2D eigenvalue weighted by Crippen LogP contribution is 2.11. The Bertz CT molecular complexity index is 625. The minimum absolute atomic E-state index is 0.133.